The van der Waals surface area contributed by atoms with E-state index in [-0.39, 0.29) is 18.2 Å². The van der Waals surface area contributed by atoms with Crippen molar-refractivity contribution >= 4 is 12.1 Å². The Hall–Kier alpha value is -1.16. The van der Waals surface area contributed by atoms with Gasteiger partial charge in [0.05, 0.1) is 12.8 Å². The molecule has 3 unspecified atom stereocenters. The van der Waals surface area contributed by atoms with Gasteiger partial charge in [-0.25, -0.2) is 4.99 Å². The summed E-state index contributed by atoms with van der Waals surface area (Å²) in [6, 6.07) is 0. The largest absolute Gasteiger partial charge is 0.307 e. The van der Waals surface area contributed by atoms with E-state index in [0.717, 1.165) is 30.4 Å². The van der Waals surface area contributed by atoms with Crippen molar-refractivity contribution in [3.8, 4) is 0 Å². The molecular weight excluding hydrogens is 286 g/mol. The molecule has 1 amide bonds. The van der Waals surface area contributed by atoms with Crippen LogP contribution in [-0.2, 0) is 4.79 Å². The second kappa shape index (κ2) is 10.6. The number of nitrogens with one attached hydrogen (secondary N) is 1. The van der Waals surface area contributed by atoms with E-state index in [0.29, 0.717) is 0 Å². The van der Waals surface area contributed by atoms with Crippen molar-refractivity contribution in [1.82, 2.24) is 5.32 Å². The topological polar surface area (TPSA) is 41.5 Å². The lowest BCUT2D eigenvalue weighted by atomic mass is 10.1. The molecular formula is C19H36N3O+. The van der Waals surface area contributed by atoms with Crippen molar-refractivity contribution in [3.05, 3.63) is 12.2 Å². The van der Waals surface area contributed by atoms with Crippen molar-refractivity contribution in [2.45, 2.75) is 85.0 Å². The monoisotopic (exact) mass is 322 g/mol. The van der Waals surface area contributed by atoms with Gasteiger partial charge in [-0.3, -0.25) is 9.28 Å². The van der Waals surface area contributed by atoms with Crippen molar-refractivity contribution in [1.29, 1.82) is 0 Å². The van der Waals surface area contributed by atoms with Crippen LogP contribution in [-0.4, -0.2) is 42.0 Å². The number of quaternary nitrogens is 1. The molecule has 0 radical (unpaired) electrons. The summed E-state index contributed by atoms with van der Waals surface area (Å²) in [6.07, 6.45) is 15.6. The zero-order valence-electron chi connectivity index (χ0n) is 15.6. The number of hydrogen-bond donors (Lipinski definition) is 1. The van der Waals surface area contributed by atoms with Gasteiger partial charge in [-0.1, -0.05) is 31.9 Å². The summed E-state index contributed by atoms with van der Waals surface area (Å²) >= 11 is 0. The van der Waals surface area contributed by atoms with Crippen LogP contribution in [0.15, 0.2) is 17.1 Å². The van der Waals surface area contributed by atoms with Gasteiger partial charge in [-0.05, 0) is 32.6 Å². The highest BCUT2D eigenvalue weighted by Crippen LogP contribution is 2.26. The minimum Gasteiger partial charge on any atom is -0.307 e. The number of hydrogen-bond acceptors (Lipinski definition) is 2. The summed E-state index contributed by atoms with van der Waals surface area (Å²) in [5, 5.41) is 3.08. The normalized spacial score (nSPS) is 25.1. The fraction of sp³-hybridized carbons (Fsp3) is 0.789. The Morgan fingerprint density at radius 2 is 2.00 bits per heavy atom. The molecule has 0 aromatic rings. The molecule has 1 aliphatic heterocycles. The van der Waals surface area contributed by atoms with Gasteiger partial charge >= 0.3 is 0 Å². The van der Waals surface area contributed by atoms with Crippen LogP contribution in [0.25, 0.3) is 0 Å². The molecule has 1 N–H and O–H groups in total. The average Bonchev–Trinajstić information content (AvgIpc) is 2.93. The van der Waals surface area contributed by atoms with Crippen LogP contribution in [0.3, 0.4) is 0 Å². The van der Waals surface area contributed by atoms with Gasteiger partial charge in [0.25, 0.3) is 0 Å². The van der Waals surface area contributed by atoms with Crippen molar-refractivity contribution in [3.63, 3.8) is 0 Å². The molecule has 3 atom stereocenters. The highest BCUT2D eigenvalue weighted by Gasteiger charge is 2.42. The summed E-state index contributed by atoms with van der Waals surface area (Å²) in [5.74, 6) is 0.0455. The molecule has 132 valence electrons. The fourth-order valence-electron chi connectivity index (χ4n) is 3.53. The molecule has 0 aliphatic carbocycles. The number of allylic oxidation sites excluding steroid dienone is 2. The van der Waals surface area contributed by atoms with Gasteiger partial charge in [0.2, 0.25) is 5.91 Å². The van der Waals surface area contributed by atoms with Crippen molar-refractivity contribution in [2.24, 2.45) is 4.99 Å². The van der Waals surface area contributed by atoms with E-state index >= 15 is 0 Å². The number of rotatable bonds is 11. The highest BCUT2D eigenvalue weighted by atomic mass is 16.1. The number of aliphatic imine (C=N–C) groups is 1. The smallest absolute Gasteiger partial charge is 0.221 e. The Morgan fingerprint density at radius 3 is 2.61 bits per heavy atom. The molecule has 0 aromatic carbocycles. The van der Waals surface area contributed by atoms with Crippen molar-refractivity contribution in [2.75, 3.05) is 13.1 Å². The lowest BCUT2D eigenvalue weighted by molar-refractivity contribution is -0.959. The number of carbonyl (C=O) groups excluding carboxylic acids is 1. The van der Waals surface area contributed by atoms with Crippen LogP contribution in [0.2, 0.25) is 0 Å². The predicted molar refractivity (Wildman–Crippen MR) is 98.4 cm³/mol. The Morgan fingerprint density at radius 1 is 1.30 bits per heavy atom. The zero-order chi connectivity index (χ0) is 17.1. The molecule has 1 aliphatic rings. The van der Waals surface area contributed by atoms with E-state index in [1.54, 1.807) is 6.92 Å². The Bertz CT molecular complexity index is 405. The minimum atomic E-state index is 0.0455. The molecule has 0 saturated carbocycles. The van der Waals surface area contributed by atoms with Crippen molar-refractivity contribution < 1.29 is 9.28 Å². The third-order valence-electron chi connectivity index (χ3n) is 5.04. The summed E-state index contributed by atoms with van der Waals surface area (Å²) in [6.45, 7) is 10.1. The third-order valence-corrected chi connectivity index (χ3v) is 5.04. The lowest BCUT2D eigenvalue weighted by Gasteiger charge is -2.42. The molecule has 4 nitrogen and oxygen atoms in total. The van der Waals surface area contributed by atoms with Crippen LogP contribution in [0.4, 0.5) is 0 Å². The molecule has 0 aromatic heterocycles. The first-order valence-corrected chi connectivity index (χ1v) is 9.37. The van der Waals surface area contributed by atoms with Gasteiger partial charge in [0.15, 0.2) is 12.3 Å². The molecule has 4 heteroatoms. The van der Waals surface area contributed by atoms with E-state index in [9.17, 15) is 4.79 Å². The second-order valence-corrected chi connectivity index (χ2v) is 6.69. The maximum absolute atomic E-state index is 11.4. The highest BCUT2D eigenvalue weighted by molar-refractivity contribution is 5.73. The fourth-order valence-corrected chi connectivity index (χ4v) is 3.53. The third kappa shape index (κ3) is 6.09. The predicted octanol–water partition coefficient (Wildman–Crippen LogP) is 4.02. The van der Waals surface area contributed by atoms with Crippen LogP contribution in [0.1, 0.15) is 72.6 Å². The number of unbranched alkanes of at least 4 members (excludes halogenated alkanes) is 4. The van der Waals surface area contributed by atoms with E-state index in [1.165, 1.54) is 32.1 Å². The van der Waals surface area contributed by atoms with E-state index in [2.05, 4.69) is 38.2 Å². The summed E-state index contributed by atoms with van der Waals surface area (Å²) < 4.78 is 0.861. The number of nitrogens with zero attached hydrogens (tertiary/aromatic N) is 2. The van der Waals surface area contributed by atoms with Gasteiger partial charge in [0, 0.05) is 20.3 Å². The first-order chi connectivity index (χ1) is 11.1. The lowest BCUT2D eigenvalue weighted by Crippen LogP contribution is -2.63. The van der Waals surface area contributed by atoms with E-state index in [1.807, 2.05) is 6.21 Å². The van der Waals surface area contributed by atoms with E-state index < -0.39 is 0 Å². The SMILES string of the molecule is CCCCC/C=C/CCCC1N=CC[N+]1(CC)C(C)NC(C)=O. The van der Waals surface area contributed by atoms with Crippen LogP contribution in [0.5, 0.6) is 0 Å². The maximum Gasteiger partial charge on any atom is 0.221 e. The Kier molecular flexibility index (Phi) is 9.15. The summed E-state index contributed by atoms with van der Waals surface area (Å²) in [4.78, 5) is 16.1. The van der Waals surface area contributed by atoms with Gasteiger partial charge in [-0.2, -0.15) is 0 Å². The minimum absolute atomic E-state index is 0.0455. The zero-order valence-corrected chi connectivity index (χ0v) is 15.6. The number of carbonyl (C=O) groups is 1. The molecule has 23 heavy (non-hydrogen) atoms. The first-order valence-electron chi connectivity index (χ1n) is 9.37. The van der Waals surface area contributed by atoms with Gasteiger partial charge in [0.1, 0.15) is 6.54 Å². The summed E-state index contributed by atoms with van der Waals surface area (Å²) in [7, 11) is 0. The number of amides is 1. The Balaban J connectivity index is 2.41. The molecule has 0 bridgehead atoms. The van der Waals surface area contributed by atoms with Crippen LogP contribution < -0.4 is 5.32 Å². The standard InChI is InChI=1S/C19H35N3O/c1-5-7-8-9-10-11-12-13-14-19-20-15-16-22(19,6-2)17(3)21-18(4)23/h10-11,15,17,19H,5-9,12-14,16H2,1-4H3/p+1/b11-10+. The van der Waals surface area contributed by atoms with Crippen LogP contribution in [0, 0.1) is 0 Å². The van der Waals surface area contributed by atoms with Crippen LogP contribution >= 0.6 is 0 Å². The molecule has 0 spiro atoms. The maximum atomic E-state index is 11.4. The molecule has 1 rings (SSSR count). The molecule has 0 fully saturated rings. The molecule has 1 heterocycles. The Labute approximate surface area is 142 Å². The quantitative estimate of drug-likeness (QED) is 0.348. The average molecular weight is 323 g/mol. The van der Waals surface area contributed by atoms with Gasteiger partial charge in [-0.15, -0.1) is 0 Å². The second-order valence-electron chi connectivity index (χ2n) is 6.69. The van der Waals surface area contributed by atoms with Gasteiger partial charge < -0.3 is 5.32 Å². The first kappa shape index (κ1) is 19.9. The summed E-state index contributed by atoms with van der Waals surface area (Å²) in [5.41, 5.74) is 0. The van der Waals surface area contributed by atoms with E-state index in [4.69, 9.17) is 4.99 Å². The molecule has 0 saturated heterocycles.